The van der Waals surface area contributed by atoms with E-state index in [1.54, 1.807) is 0 Å². The van der Waals surface area contributed by atoms with Crippen molar-refractivity contribution in [2.45, 2.75) is 32.1 Å². The van der Waals surface area contributed by atoms with Gasteiger partial charge in [0.05, 0.1) is 16.6 Å². The summed E-state index contributed by atoms with van der Waals surface area (Å²) < 4.78 is 6.04. The molecule has 1 aromatic carbocycles. The molecule has 2 aromatic rings. The second-order valence-electron chi connectivity index (χ2n) is 7.28. The lowest BCUT2D eigenvalue weighted by Crippen LogP contribution is -2.33. The summed E-state index contributed by atoms with van der Waals surface area (Å²) in [5, 5.41) is 11.4. The van der Waals surface area contributed by atoms with Gasteiger partial charge in [-0.25, -0.2) is 0 Å². The first-order valence-corrected chi connectivity index (χ1v) is 9.49. The Morgan fingerprint density at radius 2 is 1.96 bits per heavy atom. The minimum atomic E-state index is 0.299. The average Bonchev–Trinajstić information content (AvgIpc) is 2.63. The van der Waals surface area contributed by atoms with E-state index in [4.69, 9.17) is 4.74 Å². The summed E-state index contributed by atoms with van der Waals surface area (Å²) in [5.74, 6) is 1.21. The normalized spacial score (nSPS) is 18.4. The zero-order valence-corrected chi connectivity index (χ0v) is 15.1. The first-order chi connectivity index (χ1) is 12.2. The summed E-state index contributed by atoms with van der Waals surface area (Å²) in [4.78, 5) is 7.87. The van der Waals surface area contributed by atoms with E-state index in [2.05, 4.69) is 27.9 Å². The van der Waals surface area contributed by atoms with E-state index in [9.17, 15) is 5.11 Å². The van der Waals surface area contributed by atoms with Gasteiger partial charge in [-0.2, -0.15) is 4.98 Å². The molecule has 1 fully saturated rings. The molecular formula is C20H28N3O2+. The summed E-state index contributed by atoms with van der Waals surface area (Å²) >= 11 is 0. The van der Waals surface area contributed by atoms with Gasteiger partial charge >= 0.3 is 5.88 Å². The predicted octanol–water partition coefficient (Wildman–Crippen LogP) is 2.61. The third-order valence-electron chi connectivity index (χ3n) is 5.50. The standard InChI is InChI=1S/C20H27N3O2/c1-22-9-5-6-16-19(22)17-14-15(7-8-18(17)21-20(16)24)25-13-12-23-10-3-2-4-11-23/h7-8,14H,2-6,9-13H2,1H3,(H,21,24)/p+1. The first-order valence-electron chi connectivity index (χ1n) is 9.49. The van der Waals surface area contributed by atoms with Crippen molar-refractivity contribution in [1.82, 2.24) is 4.90 Å². The largest absolute Gasteiger partial charge is 0.492 e. The van der Waals surface area contributed by atoms with Gasteiger partial charge in [-0.15, -0.1) is 0 Å². The summed E-state index contributed by atoms with van der Waals surface area (Å²) in [6.07, 6.45) is 5.98. The number of piperidine rings is 1. The number of hydrogen-bond donors (Lipinski definition) is 1. The second kappa shape index (κ2) is 7.08. The van der Waals surface area contributed by atoms with Crippen molar-refractivity contribution in [3.63, 3.8) is 0 Å². The van der Waals surface area contributed by atoms with Crippen LogP contribution in [0, 0.1) is 0 Å². The molecule has 5 heteroatoms. The summed E-state index contributed by atoms with van der Waals surface area (Å²) in [6.45, 7) is 5.15. The smallest absolute Gasteiger partial charge is 0.369 e. The molecule has 0 atom stereocenters. The number of anilines is 1. The van der Waals surface area contributed by atoms with Gasteiger partial charge in [0.25, 0.3) is 0 Å². The van der Waals surface area contributed by atoms with Crippen LogP contribution >= 0.6 is 0 Å². The lowest BCUT2D eigenvalue weighted by atomic mass is 9.99. The number of hydrogen-bond acceptors (Lipinski definition) is 4. The number of nitrogens with zero attached hydrogens (tertiary/aromatic N) is 2. The van der Waals surface area contributed by atoms with E-state index in [-0.39, 0.29) is 0 Å². The molecule has 0 amide bonds. The Hall–Kier alpha value is -2.01. The van der Waals surface area contributed by atoms with Gasteiger partial charge in [-0.1, -0.05) is 6.42 Å². The molecule has 2 N–H and O–H groups in total. The van der Waals surface area contributed by atoms with Crippen LogP contribution in [0.1, 0.15) is 31.2 Å². The summed E-state index contributed by atoms with van der Waals surface area (Å²) in [5.41, 5.74) is 3.11. The molecule has 2 aliphatic heterocycles. The number of fused-ring (bicyclic) bond motifs is 3. The molecule has 2 aliphatic rings. The molecule has 3 heterocycles. The fourth-order valence-corrected chi connectivity index (χ4v) is 4.15. The Morgan fingerprint density at radius 1 is 1.12 bits per heavy atom. The van der Waals surface area contributed by atoms with E-state index >= 15 is 0 Å². The summed E-state index contributed by atoms with van der Waals surface area (Å²) in [6, 6.07) is 6.11. The molecule has 1 saturated heterocycles. The van der Waals surface area contributed by atoms with Crippen molar-refractivity contribution < 1.29 is 14.8 Å². The number of ether oxygens (including phenoxy) is 1. The Kier molecular flexibility index (Phi) is 4.66. The monoisotopic (exact) mass is 342 g/mol. The molecule has 0 unspecified atom stereocenters. The number of pyridine rings is 1. The highest BCUT2D eigenvalue weighted by Gasteiger charge is 2.25. The van der Waals surface area contributed by atoms with Crippen LogP contribution in [0.25, 0.3) is 10.9 Å². The highest BCUT2D eigenvalue weighted by molar-refractivity contribution is 5.93. The average molecular weight is 342 g/mol. The van der Waals surface area contributed by atoms with Crippen LogP contribution in [0.2, 0.25) is 0 Å². The molecule has 4 rings (SSSR count). The van der Waals surface area contributed by atoms with Crippen LogP contribution < -0.4 is 14.6 Å². The molecule has 0 spiro atoms. The van der Waals surface area contributed by atoms with Crippen LogP contribution in [0.15, 0.2) is 18.2 Å². The van der Waals surface area contributed by atoms with Crippen molar-refractivity contribution in [2.24, 2.45) is 0 Å². The van der Waals surface area contributed by atoms with Gasteiger partial charge in [0, 0.05) is 26.2 Å². The van der Waals surface area contributed by atoms with Crippen LogP contribution in [0.3, 0.4) is 0 Å². The van der Waals surface area contributed by atoms with Crippen LogP contribution in [-0.4, -0.2) is 49.8 Å². The van der Waals surface area contributed by atoms with Gasteiger partial charge in [0.15, 0.2) is 0 Å². The Labute approximate surface area is 149 Å². The van der Waals surface area contributed by atoms with E-state index < -0.39 is 0 Å². The molecule has 0 bridgehead atoms. The van der Waals surface area contributed by atoms with Crippen molar-refractivity contribution >= 4 is 16.6 Å². The Morgan fingerprint density at radius 3 is 2.80 bits per heavy atom. The van der Waals surface area contributed by atoms with Gasteiger partial charge in [0.1, 0.15) is 12.4 Å². The maximum atomic E-state index is 10.3. The van der Waals surface area contributed by atoms with Crippen LogP contribution in [0.4, 0.5) is 5.69 Å². The number of rotatable bonds is 4. The van der Waals surface area contributed by atoms with E-state index in [1.807, 2.05) is 12.1 Å². The third-order valence-corrected chi connectivity index (χ3v) is 5.50. The number of likely N-dealkylation sites (tertiary alicyclic amines) is 1. The molecule has 1 aromatic heterocycles. The zero-order valence-electron chi connectivity index (χ0n) is 15.1. The summed E-state index contributed by atoms with van der Waals surface area (Å²) in [7, 11) is 2.10. The fraction of sp³-hybridized carbons (Fsp3) is 0.550. The molecule has 25 heavy (non-hydrogen) atoms. The molecule has 5 nitrogen and oxygen atoms in total. The molecular weight excluding hydrogens is 314 g/mol. The third kappa shape index (κ3) is 3.38. The van der Waals surface area contributed by atoms with Gasteiger partial charge < -0.3 is 14.7 Å². The maximum absolute atomic E-state index is 10.3. The van der Waals surface area contributed by atoms with Crippen molar-refractivity contribution in [1.29, 1.82) is 0 Å². The van der Waals surface area contributed by atoms with E-state index in [1.165, 1.54) is 32.4 Å². The molecule has 0 saturated carbocycles. The topological polar surface area (TPSA) is 50.1 Å². The van der Waals surface area contributed by atoms with E-state index in [0.29, 0.717) is 5.88 Å². The van der Waals surface area contributed by atoms with Crippen LogP contribution in [-0.2, 0) is 6.42 Å². The molecule has 0 radical (unpaired) electrons. The van der Waals surface area contributed by atoms with Crippen molar-refractivity contribution in [3.8, 4) is 11.6 Å². The van der Waals surface area contributed by atoms with Crippen molar-refractivity contribution in [3.05, 3.63) is 23.8 Å². The predicted molar refractivity (Wildman–Crippen MR) is 99.5 cm³/mol. The Bertz CT molecular complexity index is 756. The number of nitrogens with one attached hydrogen (secondary N) is 1. The lowest BCUT2D eigenvalue weighted by molar-refractivity contribution is -0.363. The highest BCUT2D eigenvalue weighted by atomic mass is 16.5. The minimum Gasteiger partial charge on any atom is -0.492 e. The quantitative estimate of drug-likeness (QED) is 0.928. The fourth-order valence-electron chi connectivity index (χ4n) is 4.15. The van der Waals surface area contributed by atoms with Gasteiger partial charge in [-0.3, -0.25) is 4.90 Å². The number of H-pyrrole nitrogens is 1. The number of aromatic hydroxyl groups is 1. The SMILES string of the molecule is CN1CCCc2c(O)[nH+]c3ccc(OCCN4CCCCC4)cc3c21. The molecule has 134 valence electrons. The highest BCUT2D eigenvalue weighted by Crippen LogP contribution is 2.37. The van der Waals surface area contributed by atoms with E-state index in [0.717, 1.165) is 60.4 Å². The minimum absolute atomic E-state index is 0.299. The lowest BCUT2D eigenvalue weighted by Gasteiger charge is -2.27. The van der Waals surface area contributed by atoms with Crippen molar-refractivity contribution in [2.75, 3.05) is 44.7 Å². The second-order valence-corrected chi connectivity index (χ2v) is 7.28. The number of benzene rings is 1. The Balaban J connectivity index is 1.54. The zero-order chi connectivity index (χ0) is 17.2. The maximum Gasteiger partial charge on any atom is 0.369 e. The van der Waals surface area contributed by atoms with Gasteiger partial charge in [-0.05, 0) is 50.9 Å². The molecule has 0 aliphatic carbocycles. The van der Waals surface area contributed by atoms with Gasteiger partial charge in [0.2, 0.25) is 5.52 Å². The van der Waals surface area contributed by atoms with Crippen LogP contribution in [0.5, 0.6) is 11.6 Å². The number of aromatic nitrogens is 1. The first kappa shape index (κ1) is 16.5. The number of aromatic amines is 1.